The summed E-state index contributed by atoms with van der Waals surface area (Å²) in [6.07, 6.45) is 3.58. The van der Waals surface area contributed by atoms with Crippen molar-refractivity contribution in [1.29, 1.82) is 0 Å². The maximum atomic E-state index is 8.15. The molecule has 94 valence electrons. The monoisotopic (exact) mass is 240 g/mol. The molecule has 2 aromatic carbocycles. The first-order valence-corrected chi connectivity index (χ1v) is 6.20. The van der Waals surface area contributed by atoms with Gasteiger partial charge in [0.1, 0.15) is 0 Å². The van der Waals surface area contributed by atoms with Gasteiger partial charge in [0.2, 0.25) is 0 Å². The Morgan fingerprint density at radius 2 is 1.28 bits per heavy atom. The minimum atomic E-state index is 0.284. The predicted molar refractivity (Wildman–Crippen MR) is 78.4 cm³/mol. The summed E-state index contributed by atoms with van der Waals surface area (Å²) in [7, 11) is 0. The van der Waals surface area contributed by atoms with E-state index in [-0.39, 0.29) is 6.61 Å². The van der Waals surface area contributed by atoms with E-state index in [9.17, 15) is 0 Å². The summed E-state index contributed by atoms with van der Waals surface area (Å²) in [4.78, 5) is 0. The average molecular weight is 240 g/mol. The SMILES string of the molecule is C=CCCCO.c1ccc(-c2ccccc2)cc1. The molecular weight excluding hydrogens is 220 g/mol. The second-order valence-corrected chi connectivity index (χ2v) is 3.89. The zero-order valence-electron chi connectivity index (χ0n) is 10.6. The van der Waals surface area contributed by atoms with Crippen molar-refractivity contribution in [3.05, 3.63) is 73.3 Å². The zero-order chi connectivity index (χ0) is 13.1. The molecule has 0 aliphatic carbocycles. The summed E-state index contributed by atoms with van der Waals surface area (Å²) in [6, 6.07) is 20.8. The van der Waals surface area contributed by atoms with Gasteiger partial charge in [0.15, 0.2) is 0 Å². The van der Waals surface area contributed by atoms with Crippen LogP contribution in [-0.4, -0.2) is 11.7 Å². The summed E-state index contributed by atoms with van der Waals surface area (Å²) in [5.74, 6) is 0. The van der Waals surface area contributed by atoms with Crippen LogP contribution in [0, 0.1) is 0 Å². The highest BCUT2D eigenvalue weighted by atomic mass is 16.2. The van der Waals surface area contributed by atoms with Crippen molar-refractivity contribution in [2.45, 2.75) is 12.8 Å². The molecule has 1 nitrogen and oxygen atoms in total. The minimum Gasteiger partial charge on any atom is -0.396 e. The maximum Gasteiger partial charge on any atom is 0.0433 e. The molecule has 2 rings (SSSR count). The molecule has 18 heavy (non-hydrogen) atoms. The average Bonchev–Trinajstić information content (AvgIpc) is 2.48. The smallest absolute Gasteiger partial charge is 0.0433 e. The fourth-order valence-corrected chi connectivity index (χ4v) is 1.50. The first-order valence-electron chi connectivity index (χ1n) is 6.20. The number of aliphatic hydroxyl groups excluding tert-OH is 1. The Morgan fingerprint density at radius 1 is 0.833 bits per heavy atom. The Balaban J connectivity index is 0.000000232. The van der Waals surface area contributed by atoms with Gasteiger partial charge in [-0.25, -0.2) is 0 Å². The molecule has 0 saturated carbocycles. The van der Waals surface area contributed by atoms with Gasteiger partial charge in [0.25, 0.3) is 0 Å². The quantitative estimate of drug-likeness (QED) is 0.624. The summed E-state index contributed by atoms with van der Waals surface area (Å²) < 4.78 is 0. The largest absolute Gasteiger partial charge is 0.396 e. The summed E-state index contributed by atoms with van der Waals surface area (Å²) >= 11 is 0. The van der Waals surface area contributed by atoms with E-state index in [1.165, 1.54) is 11.1 Å². The Hall–Kier alpha value is -1.86. The Kier molecular flexibility index (Phi) is 7.26. The minimum absolute atomic E-state index is 0.284. The molecule has 0 atom stereocenters. The molecule has 0 radical (unpaired) electrons. The van der Waals surface area contributed by atoms with Gasteiger partial charge in [-0.1, -0.05) is 66.7 Å². The summed E-state index contributed by atoms with van der Waals surface area (Å²) in [5, 5.41) is 8.15. The van der Waals surface area contributed by atoms with Crippen LogP contribution in [0.4, 0.5) is 0 Å². The standard InChI is InChI=1S/C12H10.C5H10O/c1-3-7-11(8-4-1)12-9-5-2-6-10-12;1-2-3-4-5-6/h1-10H;2,6H,1,3-5H2. The molecule has 1 N–H and O–H groups in total. The predicted octanol–water partition coefficient (Wildman–Crippen LogP) is 4.30. The Bertz CT molecular complexity index is 382. The van der Waals surface area contributed by atoms with Crippen LogP contribution in [0.1, 0.15) is 12.8 Å². The van der Waals surface area contributed by atoms with Gasteiger partial charge < -0.3 is 5.11 Å². The molecule has 0 aliphatic heterocycles. The van der Waals surface area contributed by atoms with Crippen molar-refractivity contribution in [1.82, 2.24) is 0 Å². The molecule has 0 amide bonds. The van der Waals surface area contributed by atoms with Crippen LogP contribution >= 0.6 is 0 Å². The van der Waals surface area contributed by atoms with E-state index in [4.69, 9.17) is 5.11 Å². The molecule has 0 aliphatic rings. The van der Waals surface area contributed by atoms with Crippen molar-refractivity contribution in [2.24, 2.45) is 0 Å². The van der Waals surface area contributed by atoms with Gasteiger partial charge >= 0.3 is 0 Å². The van der Waals surface area contributed by atoms with Gasteiger partial charge in [-0.3, -0.25) is 0 Å². The van der Waals surface area contributed by atoms with Crippen molar-refractivity contribution in [3.63, 3.8) is 0 Å². The van der Waals surface area contributed by atoms with E-state index in [2.05, 4.69) is 55.1 Å². The van der Waals surface area contributed by atoms with Crippen molar-refractivity contribution >= 4 is 0 Å². The topological polar surface area (TPSA) is 20.2 Å². The molecule has 1 heteroatoms. The molecule has 0 heterocycles. The van der Waals surface area contributed by atoms with E-state index in [0.29, 0.717) is 0 Å². The lowest BCUT2D eigenvalue weighted by Gasteiger charge is -1.98. The van der Waals surface area contributed by atoms with E-state index in [1.54, 1.807) is 6.08 Å². The third-order valence-electron chi connectivity index (χ3n) is 2.45. The van der Waals surface area contributed by atoms with E-state index in [0.717, 1.165) is 12.8 Å². The van der Waals surface area contributed by atoms with Crippen LogP contribution in [0.25, 0.3) is 11.1 Å². The highest BCUT2D eigenvalue weighted by Gasteiger charge is 1.91. The third kappa shape index (κ3) is 5.46. The molecule has 0 bridgehead atoms. The van der Waals surface area contributed by atoms with Crippen LogP contribution in [0.2, 0.25) is 0 Å². The number of rotatable bonds is 4. The molecular formula is C17H20O. The number of unbranched alkanes of at least 4 members (excludes halogenated alkanes) is 1. The first-order chi connectivity index (χ1) is 8.88. The number of hydrogen-bond donors (Lipinski definition) is 1. The number of benzene rings is 2. The van der Waals surface area contributed by atoms with Crippen LogP contribution in [0.3, 0.4) is 0 Å². The lowest BCUT2D eigenvalue weighted by atomic mass is 10.1. The lowest BCUT2D eigenvalue weighted by molar-refractivity contribution is 0.289. The first kappa shape index (κ1) is 14.2. The van der Waals surface area contributed by atoms with Crippen molar-refractivity contribution < 1.29 is 5.11 Å². The second-order valence-electron chi connectivity index (χ2n) is 3.89. The highest BCUT2D eigenvalue weighted by molar-refractivity contribution is 5.62. The van der Waals surface area contributed by atoms with Gasteiger partial charge in [-0.15, -0.1) is 6.58 Å². The molecule has 0 aromatic heterocycles. The zero-order valence-corrected chi connectivity index (χ0v) is 10.6. The van der Waals surface area contributed by atoms with Gasteiger partial charge in [-0.2, -0.15) is 0 Å². The fraction of sp³-hybridized carbons (Fsp3) is 0.176. The maximum absolute atomic E-state index is 8.15. The molecule has 0 fully saturated rings. The van der Waals surface area contributed by atoms with Crippen LogP contribution in [0.15, 0.2) is 73.3 Å². The summed E-state index contributed by atoms with van der Waals surface area (Å²) in [5.41, 5.74) is 2.55. The molecule has 0 spiro atoms. The van der Waals surface area contributed by atoms with Crippen LogP contribution in [-0.2, 0) is 0 Å². The van der Waals surface area contributed by atoms with Crippen molar-refractivity contribution in [3.8, 4) is 11.1 Å². The van der Waals surface area contributed by atoms with Gasteiger partial charge in [-0.05, 0) is 24.0 Å². The Morgan fingerprint density at radius 3 is 1.56 bits per heavy atom. The van der Waals surface area contributed by atoms with E-state index >= 15 is 0 Å². The summed E-state index contributed by atoms with van der Waals surface area (Å²) in [6.45, 7) is 3.77. The lowest BCUT2D eigenvalue weighted by Crippen LogP contribution is -1.76. The van der Waals surface area contributed by atoms with E-state index < -0.39 is 0 Å². The van der Waals surface area contributed by atoms with E-state index in [1.807, 2.05) is 12.1 Å². The number of aliphatic hydroxyl groups is 1. The van der Waals surface area contributed by atoms with Gasteiger partial charge in [0, 0.05) is 6.61 Å². The van der Waals surface area contributed by atoms with Gasteiger partial charge in [0.05, 0.1) is 0 Å². The normalized spacial score (nSPS) is 9.17. The highest BCUT2D eigenvalue weighted by Crippen LogP contribution is 2.17. The third-order valence-corrected chi connectivity index (χ3v) is 2.45. The van der Waals surface area contributed by atoms with Crippen LogP contribution < -0.4 is 0 Å². The molecule has 0 saturated heterocycles. The fourth-order valence-electron chi connectivity index (χ4n) is 1.50. The second kappa shape index (κ2) is 9.20. The van der Waals surface area contributed by atoms with Crippen LogP contribution in [0.5, 0.6) is 0 Å². The number of allylic oxidation sites excluding steroid dienone is 1. The molecule has 0 unspecified atom stereocenters. The van der Waals surface area contributed by atoms with Crippen molar-refractivity contribution in [2.75, 3.05) is 6.61 Å². The molecule has 2 aromatic rings. The number of hydrogen-bond acceptors (Lipinski definition) is 1. The Labute approximate surface area is 109 Å².